The smallest absolute Gasteiger partial charge is 0.188 e. The van der Waals surface area contributed by atoms with Crippen molar-refractivity contribution in [2.24, 2.45) is 0 Å². The molecule has 0 aliphatic rings. The molecule has 6 aromatic carbocycles. The second kappa shape index (κ2) is 8.73. The second-order valence-electron chi connectivity index (χ2n) is 10.1. The van der Waals surface area contributed by atoms with Crippen molar-refractivity contribution in [1.82, 2.24) is 9.13 Å². The van der Waals surface area contributed by atoms with Gasteiger partial charge in [0.25, 0.3) is 0 Å². The Balaban J connectivity index is 1.42. The molecule has 0 aliphatic heterocycles. The van der Waals surface area contributed by atoms with Crippen molar-refractivity contribution in [3.05, 3.63) is 151 Å². The first-order valence-corrected chi connectivity index (χ1v) is 13.4. The first-order chi connectivity index (χ1) is 19.8. The fourth-order valence-electron chi connectivity index (χ4n) is 6.14. The molecule has 3 heteroatoms. The van der Waals surface area contributed by atoms with Crippen molar-refractivity contribution in [3.8, 4) is 22.5 Å². The van der Waals surface area contributed by atoms with E-state index in [4.69, 9.17) is 6.57 Å². The Morgan fingerprint density at radius 3 is 1.65 bits per heavy atom. The van der Waals surface area contributed by atoms with Crippen LogP contribution >= 0.6 is 0 Å². The van der Waals surface area contributed by atoms with Crippen LogP contribution in [0.2, 0.25) is 0 Å². The van der Waals surface area contributed by atoms with Crippen molar-refractivity contribution in [1.29, 1.82) is 0 Å². The van der Waals surface area contributed by atoms with E-state index in [1.165, 1.54) is 32.9 Å². The molecule has 0 bridgehead atoms. The maximum Gasteiger partial charge on any atom is 0.188 e. The quantitative estimate of drug-likeness (QED) is 0.210. The Morgan fingerprint density at radius 2 is 0.950 bits per heavy atom. The lowest BCUT2D eigenvalue weighted by Gasteiger charge is -2.11. The standard InChI is InChI=1S/C37H23N3/c1-38-27-18-20-36-32(23-27)33-24-29(40-34-16-7-5-14-30(34)31-15-6-8-17-35(31)40)19-21-37(33)39(36)28-13-9-12-26(22-28)25-10-3-2-4-11-25/h2-24H. The molecule has 8 rings (SSSR count). The zero-order valence-electron chi connectivity index (χ0n) is 21.6. The molecule has 2 aromatic heterocycles. The van der Waals surface area contributed by atoms with E-state index < -0.39 is 0 Å². The minimum Gasteiger partial charge on any atom is -0.309 e. The molecule has 186 valence electrons. The fraction of sp³-hybridized carbons (Fsp3) is 0. The van der Waals surface area contributed by atoms with Gasteiger partial charge in [-0.05, 0) is 71.1 Å². The number of hydrogen-bond donors (Lipinski definition) is 0. The lowest BCUT2D eigenvalue weighted by atomic mass is 10.1. The molecule has 0 aliphatic carbocycles. The van der Waals surface area contributed by atoms with Crippen molar-refractivity contribution < 1.29 is 0 Å². The van der Waals surface area contributed by atoms with Crippen LogP contribution in [0.25, 0.3) is 71.0 Å². The third-order valence-electron chi connectivity index (χ3n) is 7.91. The molecule has 0 radical (unpaired) electrons. The summed E-state index contributed by atoms with van der Waals surface area (Å²) in [4.78, 5) is 3.75. The van der Waals surface area contributed by atoms with E-state index in [0.717, 1.165) is 33.2 Å². The van der Waals surface area contributed by atoms with Crippen LogP contribution in [0.3, 0.4) is 0 Å². The van der Waals surface area contributed by atoms with Gasteiger partial charge in [-0.25, -0.2) is 4.85 Å². The van der Waals surface area contributed by atoms with Crippen LogP contribution in [0.1, 0.15) is 0 Å². The highest BCUT2D eigenvalue weighted by Crippen LogP contribution is 2.38. The van der Waals surface area contributed by atoms with Gasteiger partial charge in [0, 0.05) is 27.5 Å². The first-order valence-electron chi connectivity index (χ1n) is 13.4. The summed E-state index contributed by atoms with van der Waals surface area (Å²) in [7, 11) is 0. The van der Waals surface area contributed by atoms with Gasteiger partial charge in [0.15, 0.2) is 5.69 Å². The molecule has 0 fully saturated rings. The molecular weight excluding hydrogens is 486 g/mol. The maximum atomic E-state index is 7.67. The molecule has 0 unspecified atom stereocenters. The van der Waals surface area contributed by atoms with Crippen LogP contribution in [0.5, 0.6) is 0 Å². The van der Waals surface area contributed by atoms with E-state index in [0.29, 0.717) is 5.69 Å². The Labute approximate surface area is 231 Å². The zero-order chi connectivity index (χ0) is 26.6. The third kappa shape index (κ3) is 3.30. The van der Waals surface area contributed by atoms with Crippen LogP contribution in [0, 0.1) is 6.57 Å². The number of hydrogen-bond acceptors (Lipinski definition) is 0. The zero-order valence-corrected chi connectivity index (χ0v) is 21.6. The summed E-state index contributed by atoms with van der Waals surface area (Å²) in [6, 6.07) is 49.1. The van der Waals surface area contributed by atoms with Gasteiger partial charge in [-0.2, -0.15) is 0 Å². The predicted octanol–water partition coefficient (Wildman–Crippen LogP) is 10.1. The number of rotatable bonds is 3. The monoisotopic (exact) mass is 509 g/mol. The lowest BCUT2D eigenvalue weighted by Crippen LogP contribution is -1.96. The summed E-state index contributed by atoms with van der Waals surface area (Å²) < 4.78 is 4.67. The van der Waals surface area contributed by atoms with Gasteiger partial charge in [-0.15, -0.1) is 0 Å². The highest BCUT2D eigenvalue weighted by Gasteiger charge is 2.17. The fourth-order valence-corrected chi connectivity index (χ4v) is 6.14. The Kier molecular flexibility index (Phi) is 4.89. The molecule has 40 heavy (non-hydrogen) atoms. The molecule has 0 atom stereocenters. The molecule has 3 nitrogen and oxygen atoms in total. The highest BCUT2D eigenvalue weighted by atomic mass is 15.0. The Bertz CT molecular complexity index is 2220. The Morgan fingerprint density at radius 1 is 0.400 bits per heavy atom. The number of para-hydroxylation sites is 2. The van der Waals surface area contributed by atoms with Crippen LogP contribution in [-0.4, -0.2) is 9.13 Å². The summed E-state index contributed by atoms with van der Waals surface area (Å²) >= 11 is 0. The summed E-state index contributed by atoms with van der Waals surface area (Å²) in [5.74, 6) is 0. The van der Waals surface area contributed by atoms with E-state index in [-0.39, 0.29) is 0 Å². The van der Waals surface area contributed by atoms with Gasteiger partial charge in [-0.1, -0.05) is 84.9 Å². The Hall–Kier alpha value is -5.59. The molecule has 0 N–H and O–H groups in total. The van der Waals surface area contributed by atoms with Crippen LogP contribution in [0.4, 0.5) is 5.69 Å². The van der Waals surface area contributed by atoms with E-state index in [1.807, 2.05) is 18.2 Å². The minimum atomic E-state index is 0.645. The summed E-state index contributed by atoms with van der Waals surface area (Å²) in [5, 5.41) is 4.70. The number of fused-ring (bicyclic) bond motifs is 6. The summed E-state index contributed by atoms with van der Waals surface area (Å²) in [5.41, 5.74) is 9.79. The van der Waals surface area contributed by atoms with Gasteiger partial charge < -0.3 is 9.13 Å². The predicted molar refractivity (Wildman–Crippen MR) is 167 cm³/mol. The topological polar surface area (TPSA) is 14.2 Å². The van der Waals surface area contributed by atoms with Gasteiger partial charge in [0.05, 0.1) is 28.6 Å². The van der Waals surface area contributed by atoms with E-state index in [9.17, 15) is 0 Å². The van der Waals surface area contributed by atoms with E-state index >= 15 is 0 Å². The maximum absolute atomic E-state index is 7.67. The third-order valence-corrected chi connectivity index (χ3v) is 7.91. The lowest BCUT2D eigenvalue weighted by molar-refractivity contribution is 1.17. The van der Waals surface area contributed by atoms with Crippen molar-refractivity contribution in [2.75, 3.05) is 0 Å². The van der Waals surface area contributed by atoms with Crippen LogP contribution in [-0.2, 0) is 0 Å². The first kappa shape index (κ1) is 22.4. The minimum absolute atomic E-state index is 0.645. The SMILES string of the molecule is [C-]#[N+]c1ccc2c(c1)c1cc(-n3c4ccccc4c4ccccc43)ccc1n2-c1cccc(-c2ccccc2)c1. The molecule has 8 aromatic rings. The van der Waals surface area contributed by atoms with Gasteiger partial charge in [-0.3, -0.25) is 0 Å². The number of nitrogens with zero attached hydrogens (tertiary/aromatic N) is 3. The van der Waals surface area contributed by atoms with Gasteiger partial charge in [0.1, 0.15) is 0 Å². The average Bonchev–Trinajstić information content (AvgIpc) is 3.53. The highest BCUT2D eigenvalue weighted by molar-refractivity contribution is 6.12. The van der Waals surface area contributed by atoms with Crippen LogP contribution < -0.4 is 0 Å². The average molecular weight is 510 g/mol. The van der Waals surface area contributed by atoms with Crippen LogP contribution in [0.15, 0.2) is 140 Å². The van der Waals surface area contributed by atoms with Crippen molar-refractivity contribution in [2.45, 2.75) is 0 Å². The van der Waals surface area contributed by atoms with Gasteiger partial charge >= 0.3 is 0 Å². The molecule has 2 heterocycles. The van der Waals surface area contributed by atoms with Gasteiger partial charge in [0.2, 0.25) is 0 Å². The largest absolute Gasteiger partial charge is 0.309 e. The van der Waals surface area contributed by atoms with Crippen molar-refractivity contribution in [3.63, 3.8) is 0 Å². The second-order valence-corrected chi connectivity index (χ2v) is 10.1. The number of benzene rings is 6. The van der Waals surface area contributed by atoms with Crippen molar-refractivity contribution >= 4 is 49.3 Å². The van der Waals surface area contributed by atoms with E-state index in [2.05, 4.69) is 135 Å². The molecule has 0 amide bonds. The molecule has 0 spiro atoms. The molecule has 0 saturated carbocycles. The summed E-state index contributed by atoms with van der Waals surface area (Å²) in [6.45, 7) is 7.67. The normalized spacial score (nSPS) is 11.5. The number of aromatic nitrogens is 2. The summed E-state index contributed by atoms with van der Waals surface area (Å²) in [6.07, 6.45) is 0. The van der Waals surface area contributed by atoms with E-state index in [1.54, 1.807) is 0 Å². The molecular formula is C37H23N3. The molecule has 0 saturated heterocycles.